The van der Waals surface area contributed by atoms with Gasteiger partial charge in [0.05, 0.1) is 5.69 Å². The summed E-state index contributed by atoms with van der Waals surface area (Å²) in [4.78, 5) is 13.7. The van der Waals surface area contributed by atoms with Crippen LogP contribution in [-0.2, 0) is 13.0 Å². The molecule has 3 N–H and O–H groups in total. The second kappa shape index (κ2) is 7.62. The molecule has 128 valence electrons. The minimum atomic E-state index is 0.772. The predicted molar refractivity (Wildman–Crippen MR) is 98.5 cm³/mol. The van der Waals surface area contributed by atoms with Crippen molar-refractivity contribution in [1.29, 1.82) is 0 Å². The molecular weight excluding hydrogens is 334 g/mol. The molecule has 0 saturated carbocycles. The van der Waals surface area contributed by atoms with E-state index < -0.39 is 0 Å². The van der Waals surface area contributed by atoms with Crippen molar-refractivity contribution in [2.45, 2.75) is 18.1 Å². The molecule has 7 nitrogen and oxygen atoms in total. The molecule has 0 saturated heterocycles. The van der Waals surface area contributed by atoms with E-state index >= 15 is 0 Å². The highest BCUT2D eigenvalue weighted by Crippen LogP contribution is 2.25. The molecular formula is C17H19N7S. The first-order chi connectivity index (χ1) is 12.4. The van der Waals surface area contributed by atoms with Crippen molar-refractivity contribution in [3.8, 4) is 11.4 Å². The van der Waals surface area contributed by atoms with E-state index in [1.54, 1.807) is 11.8 Å². The average Bonchev–Trinajstić information content (AvgIpc) is 3.19. The minimum absolute atomic E-state index is 0.772. The Morgan fingerprint density at radius 2 is 2.08 bits per heavy atom. The Morgan fingerprint density at radius 3 is 2.92 bits per heavy atom. The van der Waals surface area contributed by atoms with Crippen LogP contribution in [0.25, 0.3) is 11.4 Å². The number of benzene rings is 1. The third kappa shape index (κ3) is 3.80. The van der Waals surface area contributed by atoms with Gasteiger partial charge in [-0.05, 0) is 13.0 Å². The summed E-state index contributed by atoms with van der Waals surface area (Å²) < 4.78 is 0. The van der Waals surface area contributed by atoms with Crippen LogP contribution in [0.1, 0.15) is 11.3 Å². The Hall–Kier alpha value is -2.45. The van der Waals surface area contributed by atoms with Crippen molar-refractivity contribution in [1.82, 2.24) is 30.5 Å². The number of hydrogen-bond acceptors (Lipinski definition) is 7. The van der Waals surface area contributed by atoms with Crippen molar-refractivity contribution in [2.75, 3.05) is 24.2 Å². The van der Waals surface area contributed by atoms with Crippen molar-refractivity contribution >= 4 is 17.6 Å². The first-order valence-electron chi connectivity index (χ1n) is 8.28. The van der Waals surface area contributed by atoms with Gasteiger partial charge in [-0.2, -0.15) is 5.10 Å². The number of aromatic nitrogens is 5. The van der Waals surface area contributed by atoms with E-state index in [2.05, 4.69) is 25.8 Å². The van der Waals surface area contributed by atoms with Crippen LogP contribution in [0.4, 0.5) is 5.82 Å². The summed E-state index contributed by atoms with van der Waals surface area (Å²) in [6.07, 6.45) is 2.47. The number of nitrogens with zero attached hydrogens (tertiary/aromatic N) is 4. The maximum Gasteiger partial charge on any atom is 0.183 e. The first-order valence-corrected chi connectivity index (χ1v) is 9.26. The summed E-state index contributed by atoms with van der Waals surface area (Å²) in [5.41, 5.74) is 3.35. The van der Waals surface area contributed by atoms with Crippen molar-refractivity contribution in [2.24, 2.45) is 0 Å². The third-order valence-electron chi connectivity index (χ3n) is 4.00. The van der Waals surface area contributed by atoms with Crippen LogP contribution in [0.3, 0.4) is 0 Å². The number of thioether (sulfide) groups is 1. The van der Waals surface area contributed by atoms with E-state index in [1.165, 1.54) is 11.9 Å². The topological polar surface area (TPSA) is 91.4 Å². The number of nitrogens with one attached hydrogen (secondary N) is 3. The molecule has 0 amide bonds. The van der Waals surface area contributed by atoms with Crippen LogP contribution in [0.2, 0.25) is 0 Å². The maximum absolute atomic E-state index is 4.80. The molecule has 4 rings (SSSR count). The molecule has 0 atom stereocenters. The van der Waals surface area contributed by atoms with E-state index in [0.717, 1.165) is 59.9 Å². The van der Waals surface area contributed by atoms with Gasteiger partial charge in [0.25, 0.3) is 0 Å². The summed E-state index contributed by atoms with van der Waals surface area (Å²) in [5, 5.41) is 14.4. The second-order valence-electron chi connectivity index (χ2n) is 5.68. The van der Waals surface area contributed by atoms with Gasteiger partial charge >= 0.3 is 0 Å². The van der Waals surface area contributed by atoms with Crippen LogP contribution in [-0.4, -0.2) is 44.0 Å². The molecule has 0 spiro atoms. The number of hydrogen-bond donors (Lipinski definition) is 3. The highest BCUT2D eigenvalue weighted by Gasteiger charge is 2.18. The SMILES string of the molecule is c1ccc(-c2nc3c(c(NCCSc4ncn[nH]4)n2)CCNC3)cc1. The van der Waals surface area contributed by atoms with Gasteiger partial charge in [0.15, 0.2) is 11.0 Å². The van der Waals surface area contributed by atoms with E-state index in [0.29, 0.717) is 0 Å². The fourth-order valence-corrected chi connectivity index (χ4v) is 3.44. The van der Waals surface area contributed by atoms with E-state index in [1.807, 2.05) is 30.3 Å². The van der Waals surface area contributed by atoms with Crippen LogP contribution in [0.15, 0.2) is 41.8 Å². The van der Waals surface area contributed by atoms with Gasteiger partial charge in [-0.25, -0.2) is 15.0 Å². The van der Waals surface area contributed by atoms with Gasteiger partial charge in [0, 0.05) is 30.0 Å². The Kier molecular flexibility index (Phi) is 4.89. The number of fused-ring (bicyclic) bond motifs is 1. The first kappa shape index (κ1) is 16.0. The van der Waals surface area contributed by atoms with Crippen molar-refractivity contribution in [3.63, 3.8) is 0 Å². The lowest BCUT2D eigenvalue weighted by Gasteiger charge is -2.20. The van der Waals surface area contributed by atoms with Gasteiger partial charge in [-0.15, -0.1) is 0 Å². The lowest BCUT2D eigenvalue weighted by molar-refractivity contribution is 0.625. The van der Waals surface area contributed by atoms with Crippen LogP contribution in [0, 0.1) is 0 Å². The number of anilines is 1. The zero-order chi connectivity index (χ0) is 16.9. The fraction of sp³-hybridized carbons (Fsp3) is 0.294. The molecule has 0 fully saturated rings. The summed E-state index contributed by atoms with van der Waals surface area (Å²) in [5.74, 6) is 2.60. The monoisotopic (exact) mass is 353 g/mol. The normalized spacial score (nSPS) is 13.4. The van der Waals surface area contributed by atoms with Crippen LogP contribution >= 0.6 is 11.8 Å². The Balaban J connectivity index is 1.52. The van der Waals surface area contributed by atoms with Gasteiger partial charge in [0.1, 0.15) is 12.1 Å². The highest BCUT2D eigenvalue weighted by atomic mass is 32.2. The third-order valence-corrected chi connectivity index (χ3v) is 4.87. The zero-order valence-electron chi connectivity index (χ0n) is 13.7. The lowest BCUT2D eigenvalue weighted by atomic mass is 10.1. The summed E-state index contributed by atoms with van der Waals surface area (Å²) in [6.45, 7) is 2.55. The molecule has 8 heteroatoms. The minimum Gasteiger partial charge on any atom is -0.369 e. The fourth-order valence-electron chi connectivity index (χ4n) is 2.80. The second-order valence-corrected chi connectivity index (χ2v) is 6.76. The quantitative estimate of drug-likeness (QED) is 0.462. The predicted octanol–water partition coefficient (Wildman–Crippen LogP) is 2.11. The summed E-state index contributed by atoms with van der Waals surface area (Å²) >= 11 is 1.64. The molecule has 1 aliphatic heterocycles. The van der Waals surface area contributed by atoms with Crippen molar-refractivity contribution in [3.05, 3.63) is 47.9 Å². The molecule has 0 radical (unpaired) electrons. The Morgan fingerprint density at radius 1 is 1.16 bits per heavy atom. The molecule has 0 unspecified atom stereocenters. The van der Waals surface area contributed by atoms with E-state index in [9.17, 15) is 0 Å². The average molecular weight is 353 g/mol. The molecule has 0 bridgehead atoms. The molecule has 3 heterocycles. The maximum atomic E-state index is 4.80. The Bertz CT molecular complexity index is 821. The molecule has 0 aliphatic carbocycles. The molecule has 1 aliphatic rings. The lowest BCUT2D eigenvalue weighted by Crippen LogP contribution is -2.27. The van der Waals surface area contributed by atoms with Crippen molar-refractivity contribution < 1.29 is 0 Å². The molecule has 25 heavy (non-hydrogen) atoms. The van der Waals surface area contributed by atoms with Gasteiger partial charge in [-0.1, -0.05) is 42.1 Å². The Labute approximate surface area is 150 Å². The summed E-state index contributed by atoms with van der Waals surface area (Å²) in [7, 11) is 0. The van der Waals surface area contributed by atoms with Gasteiger partial charge < -0.3 is 10.6 Å². The zero-order valence-corrected chi connectivity index (χ0v) is 14.5. The standard InChI is InChI=1S/C17H19N7S/c1-2-4-12(5-3-1)15-22-14-10-18-7-6-13(14)16(23-15)19-8-9-25-17-20-11-21-24-17/h1-5,11,18H,6-10H2,(H,19,22,23)(H,20,21,24). The number of H-pyrrole nitrogens is 1. The molecule has 2 aromatic heterocycles. The highest BCUT2D eigenvalue weighted by molar-refractivity contribution is 7.99. The number of aromatic amines is 1. The molecule has 1 aromatic carbocycles. The van der Waals surface area contributed by atoms with Crippen LogP contribution < -0.4 is 10.6 Å². The smallest absolute Gasteiger partial charge is 0.183 e. The van der Waals surface area contributed by atoms with Crippen LogP contribution in [0.5, 0.6) is 0 Å². The summed E-state index contributed by atoms with van der Waals surface area (Å²) in [6, 6.07) is 10.1. The molecule has 3 aromatic rings. The van der Waals surface area contributed by atoms with Gasteiger partial charge in [-0.3, -0.25) is 5.10 Å². The largest absolute Gasteiger partial charge is 0.369 e. The van der Waals surface area contributed by atoms with E-state index in [-0.39, 0.29) is 0 Å². The van der Waals surface area contributed by atoms with E-state index in [4.69, 9.17) is 9.97 Å². The van der Waals surface area contributed by atoms with Gasteiger partial charge in [0.2, 0.25) is 0 Å². The number of rotatable bonds is 6.